The molecule has 5 nitrogen and oxygen atoms in total. The first-order valence-corrected chi connectivity index (χ1v) is 8.88. The predicted molar refractivity (Wildman–Crippen MR) is 102 cm³/mol. The summed E-state index contributed by atoms with van der Waals surface area (Å²) >= 11 is 0. The molecule has 134 valence electrons. The zero-order valence-electron chi connectivity index (χ0n) is 14.6. The van der Waals surface area contributed by atoms with E-state index in [2.05, 4.69) is 24.3 Å². The summed E-state index contributed by atoms with van der Waals surface area (Å²) in [6.07, 6.45) is 6.01. The highest BCUT2D eigenvalue weighted by Gasteiger charge is 2.22. The summed E-state index contributed by atoms with van der Waals surface area (Å²) in [7, 11) is 0. The lowest BCUT2D eigenvalue weighted by atomic mass is 9.90. The number of piperidine rings is 1. The Kier molecular flexibility index (Phi) is 5.79. The van der Waals surface area contributed by atoms with Crippen molar-refractivity contribution >= 4 is 17.7 Å². The Morgan fingerprint density at radius 3 is 2.42 bits per heavy atom. The maximum atomic E-state index is 12.4. The van der Waals surface area contributed by atoms with E-state index in [1.54, 1.807) is 18.2 Å². The van der Waals surface area contributed by atoms with Crippen molar-refractivity contribution in [2.24, 2.45) is 5.92 Å². The van der Waals surface area contributed by atoms with Gasteiger partial charge in [0.25, 0.3) is 5.69 Å². The molecule has 1 aliphatic heterocycles. The number of carbonyl (C=O) groups excluding carboxylic acids is 1. The van der Waals surface area contributed by atoms with Crippen LogP contribution < -0.4 is 0 Å². The molecule has 0 N–H and O–H groups in total. The van der Waals surface area contributed by atoms with Gasteiger partial charge in [-0.2, -0.15) is 0 Å². The van der Waals surface area contributed by atoms with E-state index in [1.807, 2.05) is 11.0 Å². The second kappa shape index (κ2) is 8.43. The molecular formula is C21H22N2O3. The standard InChI is InChI=1S/C21H22N2O3/c24-21(11-10-19-8-4-5-9-20(19)23(25)26)22-14-12-18(13-15-22)16-17-6-2-1-3-7-17/h1-11,18H,12-16H2/b11-10+. The molecule has 0 bridgehead atoms. The molecule has 0 spiro atoms. The third-order valence-corrected chi connectivity index (χ3v) is 4.83. The third kappa shape index (κ3) is 4.57. The number of rotatable bonds is 5. The number of likely N-dealkylation sites (tertiary alicyclic amines) is 1. The van der Waals surface area contributed by atoms with Crippen LogP contribution in [0.4, 0.5) is 5.69 Å². The monoisotopic (exact) mass is 350 g/mol. The molecule has 0 radical (unpaired) electrons. The number of para-hydroxylation sites is 1. The number of hydrogen-bond acceptors (Lipinski definition) is 3. The zero-order chi connectivity index (χ0) is 18.4. The van der Waals surface area contributed by atoms with Crippen molar-refractivity contribution in [3.63, 3.8) is 0 Å². The molecule has 2 aromatic carbocycles. The molecule has 0 atom stereocenters. The van der Waals surface area contributed by atoms with Crippen molar-refractivity contribution in [3.8, 4) is 0 Å². The van der Waals surface area contributed by atoms with Gasteiger partial charge < -0.3 is 4.90 Å². The Labute approximate surface area is 153 Å². The lowest BCUT2D eigenvalue weighted by molar-refractivity contribution is -0.385. The van der Waals surface area contributed by atoms with E-state index < -0.39 is 4.92 Å². The number of nitro groups is 1. The van der Waals surface area contributed by atoms with E-state index in [0.717, 1.165) is 32.4 Å². The Balaban J connectivity index is 1.55. The lowest BCUT2D eigenvalue weighted by Gasteiger charge is -2.31. The molecule has 5 heteroatoms. The van der Waals surface area contributed by atoms with Gasteiger partial charge in [-0.1, -0.05) is 42.5 Å². The van der Waals surface area contributed by atoms with Crippen LogP contribution in [0.1, 0.15) is 24.0 Å². The zero-order valence-corrected chi connectivity index (χ0v) is 14.6. The van der Waals surface area contributed by atoms with Gasteiger partial charge in [0.05, 0.1) is 10.5 Å². The van der Waals surface area contributed by atoms with Crippen molar-refractivity contribution in [1.29, 1.82) is 0 Å². The fraction of sp³-hybridized carbons (Fsp3) is 0.286. The topological polar surface area (TPSA) is 63.4 Å². The van der Waals surface area contributed by atoms with E-state index in [9.17, 15) is 14.9 Å². The quantitative estimate of drug-likeness (QED) is 0.463. The first kappa shape index (κ1) is 17.9. The lowest BCUT2D eigenvalue weighted by Crippen LogP contribution is -2.37. The van der Waals surface area contributed by atoms with E-state index in [1.165, 1.54) is 23.8 Å². The Morgan fingerprint density at radius 1 is 1.08 bits per heavy atom. The highest BCUT2D eigenvalue weighted by Crippen LogP contribution is 2.23. The second-order valence-electron chi connectivity index (χ2n) is 6.61. The molecule has 0 unspecified atom stereocenters. The van der Waals surface area contributed by atoms with Gasteiger partial charge in [-0.3, -0.25) is 14.9 Å². The summed E-state index contributed by atoms with van der Waals surface area (Å²) in [5.41, 5.74) is 1.80. The van der Waals surface area contributed by atoms with E-state index in [4.69, 9.17) is 0 Å². The molecule has 2 aromatic rings. The van der Waals surface area contributed by atoms with Crippen LogP contribution in [-0.2, 0) is 11.2 Å². The highest BCUT2D eigenvalue weighted by molar-refractivity contribution is 5.92. The molecular weight excluding hydrogens is 328 g/mol. The largest absolute Gasteiger partial charge is 0.339 e. The number of carbonyl (C=O) groups is 1. The van der Waals surface area contributed by atoms with E-state index >= 15 is 0 Å². The van der Waals surface area contributed by atoms with Gasteiger partial charge in [0.2, 0.25) is 5.91 Å². The SMILES string of the molecule is O=C(/C=C/c1ccccc1[N+](=O)[O-])N1CCC(Cc2ccccc2)CC1. The summed E-state index contributed by atoms with van der Waals surface area (Å²) in [5, 5.41) is 11.0. The summed E-state index contributed by atoms with van der Waals surface area (Å²) in [6.45, 7) is 1.47. The van der Waals surface area contributed by atoms with Crippen molar-refractivity contribution in [1.82, 2.24) is 4.90 Å². The van der Waals surface area contributed by atoms with Crippen LogP contribution in [0.15, 0.2) is 60.7 Å². The Morgan fingerprint density at radius 2 is 1.73 bits per heavy atom. The molecule has 26 heavy (non-hydrogen) atoms. The first-order valence-electron chi connectivity index (χ1n) is 8.88. The predicted octanol–water partition coefficient (Wildman–Crippen LogP) is 4.09. The van der Waals surface area contributed by atoms with Crippen molar-refractivity contribution < 1.29 is 9.72 Å². The van der Waals surface area contributed by atoms with Gasteiger partial charge in [-0.25, -0.2) is 0 Å². The third-order valence-electron chi connectivity index (χ3n) is 4.83. The number of nitro benzene ring substituents is 1. The molecule has 1 fully saturated rings. The molecule has 0 saturated carbocycles. The molecule has 3 rings (SSSR count). The second-order valence-corrected chi connectivity index (χ2v) is 6.61. The average molecular weight is 350 g/mol. The van der Waals surface area contributed by atoms with Crippen molar-refractivity contribution in [2.45, 2.75) is 19.3 Å². The Hall–Kier alpha value is -2.95. The van der Waals surface area contributed by atoms with Gasteiger partial charge in [0, 0.05) is 25.2 Å². The van der Waals surface area contributed by atoms with Crippen LogP contribution in [-0.4, -0.2) is 28.8 Å². The normalized spacial score (nSPS) is 15.3. The van der Waals surface area contributed by atoms with Crippen molar-refractivity contribution in [2.75, 3.05) is 13.1 Å². The van der Waals surface area contributed by atoms with Crippen LogP contribution in [0.3, 0.4) is 0 Å². The average Bonchev–Trinajstić information content (AvgIpc) is 2.67. The highest BCUT2D eigenvalue weighted by atomic mass is 16.6. The summed E-state index contributed by atoms with van der Waals surface area (Å²) in [6, 6.07) is 16.9. The number of benzene rings is 2. The van der Waals surface area contributed by atoms with E-state index in [0.29, 0.717) is 11.5 Å². The van der Waals surface area contributed by atoms with Crippen LogP contribution in [0.25, 0.3) is 6.08 Å². The molecule has 1 amide bonds. The van der Waals surface area contributed by atoms with Crippen LogP contribution in [0, 0.1) is 16.0 Å². The molecule has 0 aliphatic carbocycles. The minimum atomic E-state index is -0.431. The fourth-order valence-electron chi connectivity index (χ4n) is 3.37. The number of nitrogens with zero attached hydrogens (tertiary/aromatic N) is 2. The van der Waals surface area contributed by atoms with Crippen LogP contribution in [0.2, 0.25) is 0 Å². The minimum absolute atomic E-state index is 0.0121. The minimum Gasteiger partial charge on any atom is -0.339 e. The fourth-order valence-corrected chi connectivity index (χ4v) is 3.37. The first-order chi connectivity index (χ1) is 12.6. The molecule has 1 saturated heterocycles. The van der Waals surface area contributed by atoms with E-state index in [-0.39, 0.29) is 11.6 Å². The summed E-state index contributed by atoms with van der Waals surface area (Å²) < 4.78 is 0. The van der Waals surface area contributed by atoms with Gasteiger partial charge in [-0.15, -0.1) is 0 Å². The van der Waals surface area contributed by atoms with Crippen LogP contribution >= 0.6 is 0 Å². The van der Waals surface area contributed by atoms with Crippen LogP contribution in [0.5, 0.6) is 0 Å². The van der Waals surface area contributed by atoms with Gasteiger partial charge >= 0.3 is 0 Å². The van der Waals surface area contributed by atoms with Gasteiger partial charge in [-0.05, 0) is 42.9 Å². The molecule has 1 heterocycles. The smallest absolute Gasteiger partial charge is 0.276 e. The summed E-state index contributed by atoms with van der Waals surface area (Å²) in [5.74, 6) is 0.516. The number of amides is 1. The maximum absolute atomic E-state index is 12.4. The molecule has 0 aromatic heterocycles. The van der Waals surface area contributed by atoms with Gasteiger partial charge in [0.1, 0.15) is 0 Å². The molecule has 1 aliphatic rings. The van der Waals surface area contributed by atoms with Crippen molar-refractivity contribution in [3.05, 3.63) is 81.9 Å². The summed E-state index contributed by atoms with van der Waals surface area (Å²) in [4.78, 5) is 24.8. The maximum Gasteiger partial charge on any atom is 0.276 e. The Bertz CT molecular complexity index is 794. The number of hydrogen-bond donors (Lipinski definition) is 0. The van der Waals surface area contributed by atoms with Gasteiger partial charge in [0.15, 0.2) is 0 Å².